The summed E-state index contributed by atoms with van der Waals surface area (Å²) in [4.78, 5) is 15.6. The number of hydrogen-bond acceptors (Lipinski definition) is 4. The summed E-state index contributed by atoms with van der Waals surface area (Å²) < 4.78 is 10.6. The van der Waals surface area contributed by atoms with E-state index >= 15 is 0 Å². The van der Waals surface area contributed by atoms with Crippen molar-refractivity contribution in [1.29, 1.82) is 0 Å². The number of aromatic nitrogens is 1. The molecule has 0 spiro atoms. The van der Waals surface area contributed by atoms with E-state index in [0.717, 1.165) is 0 Å². The zero-order valence-corrected chi connectivity index (χ0v) is 11.0. The Labute approximate surface area is 114 Å². The molecular weight excluding hydrogens is 279 g/mol. The Balaban J connectivity index is 1.88. The number of carbonyl (C=O) groups is 1. The minimum atomic E-state index is -0.268. The second-order valence-electron chi connectivity index (χ2n) is 3.77. The van der Waals surface area contributed by atoms with Crippen molar-refractivity contribution in [3.8, 4) is 0 Å². The summed E-state index contributed by atoms with van der Waals surface area (Å²) in [7, 11) is 0. The van der Waals surface area contributed by atoms with Crippen molar-refractivity contribution in [2.24, 2.45) is 0 Å². The summed E-state index contributed by atoms with van der Waals surface area (Å²) in [6, 6.07) is 1.48. The van der Waals surface area contributed by atoms with Gasteiger partial charge in [0.15, 0.2) is 0 Å². The van der Waals surface area contributed by atoms with Gasteiger partial charge in [-0.25, -0.2) is 4.98 Å². The smallest absolute Gasteiger partial charge is 0.252 e. The highest BCUT2D eigenvalue weighted by atomic mass is 35.5. The molecule has 1 fully saturated rings. The fourth-order valence-electron chi connectivity index (χ4n) is 1.51. The monoisotopic (exact) mass is 290 g/mol. The van der Waals surface area contributed by atoms with Crippen LogP contribution in [0.1, 0.15) is 10.4 Å². The molecule has 1 N–H and O–H groups in total. The zero-order valence-electron chi connectivity index (χ0n) is 9.49. The largest absolute Gasteiger partial charge is 0.376 e. The molecular formula is C11H12Cl2N2O3. The number of amides is 1. The van der Waals surface area contributed by atoms with Crippen molar-refractivity contribution in [2.75, 3.05) is 26.4 Å². The highest BCUT2D eigenvalue weighted by Gasteiger charge is 2.16. The molecule has 1 amide bonds. The van der Waals surface area contributed by atoms with Gasteiger partial charge in [-0.3, -0.25) is 4.79 Å². The lowest BCUT2D eigenvalue weighted by atomic mass is 10.2. The number of nitrogens with one attached hydrogen (secondary N) is 1. The summed E-state index contributed by atoms with van der Waals surface area (Å²) in [6.07, 6.45) is 1.26. The number of hydrogen-bond donors (Lipinski definition) is 1. The zero-order chi connectivity index (χ0) is 13.0. The van der Waals surface area contributed by atoms with Crippen molar-refractivity contribution in [3.05, 3.63) is 28.0 Å². The number of rotatable bonds is 3. The van der Waals surface area contributed by atoms with E-state index in [1.165, 1.54) is 12.3 Å². The molecule has 1 aromatic rings. The van der Waals surface area contributed by atoms with E-state index in [-0.39, 0.29) is 22.2 Å². The Morgan fingerprint density at radius 3 is 3.00 bits per heavy atom. The van der Waals surface area contributed by atoms with Crippen molar-refractivity contribution < 1.29 is 14.3 Å². The van der Waals surface area contributed by atoms with Crippen LogP contribution >= 0.6 is 23.2 Å². The van der Waals surface area contributed by atoms with Crippen LogP contribution in [0.4, 0.5) is 0 Å². The highest BCUT2D eigenvalue weighted by Crippen LogP contribution is 2.19. The maximum atomic E-state index is 11.8. The molecule has 7 heteroatoms. The highest BCUT2D eigenvalue weighted by molar-refractivity contribution is 6.41. The molecule has 2 rings (SSSR count). The molecule has 0 aromatic carbocycles. The quantitative estimate of drug-likeness (QED) is 0.858. The van der Waals surface area contributed by atoms with Gasteiger partial charge in [0.2, 0.25) is 0 Å². The van der Waals surface area contributed by atoms with Crippen LogP contribution in [0.3, 0.4) is 0 Å². The second kappa shape index (κ2) is 6.33. The van der Waals surface area contributed by atoms with Crippen LogP contribution < -0.4 is 5.32 Å². The van der Waals surface area contributed by atoms with Gasteiger partial charge in [0.25, 0.3) is 5.91 Å². The molecule has 0 aliphatic carbocycles. The third kappa shape index (κ3) is 3.55. The van der Waals surface area contributed by atoms with Crippen LogP contribution in [-0.2, 0) is 9.47 Å². The van der Waals surface area contributed by atoms with E-state index in [9.17, 15) is 4.79 Å². The van der Waals surface area contributed by atoms with Gasteiger partial charge in [0.1, 0.15) is 5.15 Å². The average molecular weight is 291 g/mol. The first-order valence-corrected chi connectivity index (χ1v) is 6.21. The fraction of sp³-hybridized carbons (Fsp3) is 0.455. The molecule has 1 aliphatic heterocycles. The number of carbonyl (C=O) groups excluding carboxylic acids is 1. The second-order valence-corrected chi connectivity index (χ2v) is 4.54. The van der Waals surface area contributed by atoms with Crippen LogP contribution in [0.2, 0.25) is 10.2 Å². The SMILES string of the molecule is O=C(NCC1COCCO1)c1cnc(Cl)c(Cl)c1. The van der Waals surface area contributed by atoms with Crippen LogP contribution in [0.25, 0.3) is 0 Å². The van der Waals surface area contributed by atoms with Crippen molar-refractivity contribution in [1.82, 2.24) is 10.3 Å². The number of nitrogens with zero attached hydrogens (tertiary/aromatic N) is 1. The van der Waals surface area contributed by atoms with Crippen LogP contribution in [0.15, 0.2) is 12.3 Å². The van der Waals surface area contributed by atoms with E-state index in [2.05, 4.69) is 10.3 Å². The molecule has 0 saturated carbocycles. The van der Waals surface area contributed by atoms with Crippen LogP contribution in [0.5, 0.6) is 0 Å². The van der Waals surface area contributed by atoms with Gasteiger partial charge in [-0.2, -0.15) is 0 Å². The molecule has 5 nitrogen and oxygen atoms in total. The van der Waals surface area contributed by atoms with Gasteiger partial charge in [0, 0.05) is 12.7 Å². The van der Waals surface area contributed by atoms with Crippen molar-refractivity contribution in [3.63, 3.8) is 0 Å². The third-order valence-corrected chi connectivity index (χ3v) is 3.12. The maximum Gasteiger partial charge on any atom is 0.252 e. The molecule has 2 heterocycles. The van der Waals surface area contributed by atoms with Gasteiger partial charge >= 0.3 is 0 Å². The molecule has 1 saturated heterocycles. The average Bonchev–Trinajstić information content (AvgIpc) is 2.40. The summed E-state index contributed by atoms with van der Waals surface area (Å²) in [5.41, 5.74) is 0.362. The van der Waals surface area contributed by atoms with Crippen LogP contribution in [0, 0.1) is 0 Å². The molecule has 0 radical (unpaired) electrons. The maximum absolute atomic E-state index is 11.8. The minimum absolute atomic E-state index is 0.113. The Kier molecular flexibility index (Phi) is 4.77. The van der Waals surface area contributed by atoms with Gasteiger partial charge < -0.3 is 14.8 Å². The van der Waals surface area contributed by atoms with Gasteiger partial charge in [-0.1, -0.05) is 23.2 Å². The molecule has 1 atom stereocenters. The standard InChI is InChI=1S/C11H12Cl2N2O3/c12-9-3-7(4-14-10(9)13)11(16)15-5-8-6-17-1-2-18-8/h3-4,8H,1-2,5-6H2,(H,15,16). The first-order valence-electron chi connectivity index (χ1n) is 5.45. The summed E-state index contributed by atoms with van der Waals surface area (Å²) in [5, 5.41) is 3.16. The third-order valence-electron chi connectivity index (χ3n) is 2.43. The number of pyridine rings is 1. The summed E-state index contributed by atoms with van der Waals surface area (Å²) in [5.74, 6) is -0.268. The molecule has 1 aromatic heterocycles. The van der Waals surface area contributed by atoms with Gasteiger partial charge in [-0.15, -0.1) is 0 Å². The van der Waals surface area contributed by atoms with E-state index in [0.29, 0.717) is 31.9 Å². The summed E-state index contributed by atoms with van der Waals surface area (Å²) >= 11 is 11.5. The van der Waals surface area contributed by atoms with E-state index in [4.69, 9.17) is 32.7 Å². The topological polar surface area (TPSA) is 60.5 Å². The molecule has 0 bridgehead atoms. The summed E-state index contributed by atoms with van der Waals surface area (Å²) in [6.45, 7) is 2.02. The van der Waals surface area contributed by atoms with Gasteiger partial charge in [0.05, 0.1) is 36.5 Å². The lowest BCUT2D eigenvalue weighted by Gasteiger charge is -2.23. The van der Waals surface area contributed by atoms with E-state index in [1.807, 2.05) is 0 Å². The Hall–Kier alpha value is -0.880. The lowest BCUT2D eigenvalue weighted by Crippen LogP contribution is -2.39. The Morgan fingerprint density at radius 1 is 1.50 bits per heavy atom. The molecule has 1 unspecified atom stereocenters. The fourth-order valence-corrected chi connectivity index (χ4v) is 1.78. The normalized spacial score (nSPS) is 19.6. The predicted molar refractivity (Wildman–Crippen MR) is 67.1 cm³/mol. The first-order chi connectivity index (χ1) is 8.66. The van der Waals surface area contributed by atoms with Crippen LogP contribution in [-0.4, -0.2) is 43.4 Å². The van der Waals surface area contributed by atoms with Gasteiger partial charge in [-0.05, 0) is 6.07 Å². The Bertz CT molecular complexity index is 436. The van der Waals surface area contributed by atoms with Crippen molar-refractivity contribution in [2.45, 2.75) is 6.10 Å². The molecule has 1 aliphatic rings. The molecule has 18 heavy (non-hydrogen) atoms. The van der Waals surface area contributed by atoms with E-state index < -0.39 is 0 Å². The number of ether oxygens (including phenoxy) is 2. The van der Waals surface area contributed by atoms with Crippen molar-refractivity contribution >= 4 is 29.1 Å². The first kappa shape index (κ1) is 13.5. The minimum Gasteiger partial charge on any atom is -0.376 e. The predicted octanol–water partition coefficient (Wildman–Crippen LogP) is 1.53. The lowest BCUT2D eigenvalue weighted by molar-refractivity contribution is -0.0855. The number of halogens is 2. The Morgan fingerprint density at radius 2 is 2.33 bits per heavy atom. The van der Waals surface area contributed by atoms with E-state index in [1.54, 1.807) is 0 Å². The molecule has 98 valence electrons.